The summed E-state index contributed by atoms with van der Waals surface area (Å²) in [4.78, 5) is 32.4. The number of pyridine rings is 1. The molecule has 10 heteroatoms. The highest BCUT2D eigenvalue weighted by molar-refractivity contribution is 7.07. The summed E-state index contributed by atoms with van der Waals surface area (Å²) in [6, 6.07) is 1.57. The van der Waals surface area contributed by atoms with Crippen LogP contribution in [-0.4, -0.2) is 51.4 Å². The summed E-state index contributed by atoms with van der Waals surface area (Å²) >= 11 is 1.53. The molecule has 2 aromatic heterocycles. The van der Waals surface area contributed by atoms with Crippen LogP contribution in [0, 0.1) is 0 Å². The SMILES string of the molecule is O=C(Cn1cc(C(F)(F)F)ccc1=O)N1CCCN(Cc2cscn2)CC1. The minimum atomic E-state index is -4.56. The molecule has 3 rings (SSSR count). The largest absolute Gasteiger partial charge is 0.417 e. The zero-order valence-corrected chi connectivity index (χ0v) is 15.3. The van der Waals surface area contributed by atoms with Gasteiger partial charge in [0.2, 0.25) is 5.91 Å². The van der Waals surface area contributed by atoms with Gasteiger partial charge in [0.05, 0.1) is 16.8 Å². The monoisotopic (exact) mass is 400 g/mol. The van der Waals surface area contributed by atoms with Crippen LogP contribution in [0.5, 0.6) is 0 Å². The predicted octanol–water partition coefficient (Wildman–Crippen LogP) is 2.06. The summed E-state index contributed by atoms with van der Waals surface area (Å²) in [5, 5.41) is 1.98. The molecule has 3 heterocycles. The number of nitrogens with zero attached hydrogens (tertiary/aromatic N) is 4. The van der Waals surface area contributed by atoms with Gasteiger partial charge in [-0.25, -0.2) is 4.98 Å². The molecule has 2 aromatic rings. The van der Waals surface area contributed by atoms with E-state index >= 15 is 0 Å². The molecular weight excluding hydrogens is 381 g/mol. The second-order valence-electron chi connectivity index (χ2n) is 6.37. The predicted molar refractivity (Wildman–Crippen MR) is 94.3 cm³/mol. The van der Waals surface area contributed by atoms with Crippen LogP contribution in [0.1, 0.15) is 17.7 Å². The van der Waals surface area contributed by atoms with Crippen LogP contribution in [0.3, 0.4) is 0 Å². The normalized spacial score (nSPS) is 16.3. The fraction of sp³-hybridized carbons (Fsp3) is 0.471. The minimum absolute atomic E-state index is 0.355. The van der Waals surface area contributed by atoms with E-state index in [1.165, 1.54) is 11.3 Å². The van der Waals surface area contributed by atoms with Gasteiger partial charge >= 0.3 is 6.18 Å². The number of thiazole rings is 1. The molecule has 0 aliphatic carbocycles. The smallest absolute Gasteiger partial charge is 0.340 e. The van der Waals surface area contributed by atoms with Crippen LogP contribution in [0.15, 0.2) is 34.0 Å². The Balaban J connectivity index is 1.62. The first kappa shape index (κ1) is 19.6. The lowest BCUT2D eigenvalue weighted by molar-refractivity contribution is -0.138. The fourth-order valence-electron chi connectivity index (χ4n) is 2.99. The van der Waals surface area contributed by atoms with E-state index in [4.69, 9.17) is 0 Å². The van der Waals surface area contributed by atoms with Crippen LogP contribution < -0.4 is 5.56 Å². The van der Waals surface area contributed by atoms with E-state index in [1.807, 2.05) is 5.38 Å². The Hall–Kier alpha value is -2.20. The van der Waals surface area contributed by atoms with Gasteiger partial charge in [-0.05, 0) is 12.5 Å². The van der Waals surface area contributed by atoms with E-state index in [0.717, 1.165) is 35.4 Å². The van der Waals surface area contributed by atoms with Crippen LogP contribution >= 0.6 is 11.3 Å². The molecule has 1 fully saturated rings. The molecule has 0 aromatic carbocycles. The average Bonchev–Trinajstić information content (AvgIpc) is 3.00. The number of alkyl halides is 3. The third kappa shape index (κ3) is 5.16. The zero-order valence-electron chi connectivity index (χ0n) is 14.5. The number of hydrogen-bond acceptors (Lipinski definition) is 5. The second-order valence-corrected chi connectivity index (χ2v) is 7.09. The van der Waals surface area contributed by atoms with Gasteiger partial charge in [0.25, 0.3) is 5.56 Å². The van der Waals surface area contributed by atoms with Crippen LogP contribution in [-0.2, 0) is 24.1 Å². The first-order chi connectivity index (χ1) is 12.8. The standard InChI is InChI=1S/C17H19F3N4O2S/c18-17(19,20)13-2-3-15(25)24(8-13)10-16(26)23-5-1-4-22(6-7-23)9-14-11-27-12-21-14/h2-3,8,11-12H,1,4-7,9-10H2. The Morgan fingerprint density at radius 1 is 1.19 bits per heavy atom. The Bertz CT molecular complexity index is 835. The maximum absolute atomic E-state index is 12.8. The number of halogens is 3. The molecule has 0 unspecified atom stereocenters. The van der Waals surface area contributed by atoms with Crippen LogP contribution in [0.2, 0.25) is 0 Å². The molecule has 0 bridgehead atoms. The van der Waals surface area contributed by atoms with E-state index in [1.54, 1.807) is 10.4 Å². The molecular formula is C17H19F3N4O2S. The number of rotatable bonds is 4. The van der Waals surface area contributed by atoms with Gasteiger partial charge in [-0.3, -0.25) is 14.5 Å². The Labute approximate surface area is 157 Å². The van der Waals surface area contributed by atoms with Crippen molar-refractivity contribution in [3.05, 3.63) is 50.8 Å². The quantitative estimate of drug-likeness (QED) is 0.788. The second kappa shape index (κ2) is 8.22. The summed E-state index contributed by atoms with van der Waals surface area (Å²) in [7, 11) is 0. The highest BCUT2D eigenvalue weighted by Gasteiger charge is 2.31. The lowest BCUT2D eigenvalue weighted by atomic mass is 10.2. The van der Waals surface area contributed by atoms with Gasteiger partial charge < -0.3 is 9.47 Å². The van der Waals surface area contributed by atoms with Gasteiger partial charge in [-0.1, -0.05) is 0 Å². The lowest BCUT2D eigenvalue weighted by Crippen LogP contribution is -2.39. The number of hydrogen-bond donors (Lipinski definition) is 0. The number of amides is 1. The van der Waals surface area contributed by atoms with E-state index in [-0.39, 0.29) is 5.91 Å². The first-order valence-corrected chi connectivity index (χ1v) is 9.42. The molecule has 0 spiro atoms. The van der Waals surface area contributed by atoms with E-state index in [2.05, 4.69) is 9.88 Å². The molecule has 1 aliphatic heterocycles. The van der Waals surface area contributed by atoms with Crippen molar-refractivity contribution in [3.8, 4) is 0 Å². The van der Waals surface area contributed by atoms with Crippen molar-refractivity contribution < 1.29 is 18.0 Å². The van der Waals surface area contributed by atoms with Gasteiger partial charge in [0.15, 0.2) is 0 Å². The molecule has 6 nitrogen and oxygen atoms in total. The summed E-state index contributed by atoms with van der Waals surface area (Å²) in [5.41, 5.74) is 1.18. The Morgan fingerprint density at radius 3 is 2.70 bits per heavy atom. The van der Waals surface area contributed by atoms with E-state index < -0.39 is 23.8 Å². The summed E-state index contributed by atoms with van der Waals surface area (Å²) < 4.78 is 39.3. The van der Waals surface area contributed by atoms with Gasteiger partial charge in [-0.15, -0.1) is 11.3 Å². The Morgan fingerprint density at radius 2 is 2.00 bits per heavy atom. The van der Waals surface area contributed by atoms with Crippen molar-refractivity contribution in [1.29, 1.82) is 0 Å². The number of carbonyl (C=O) groups excluding carboxylic acids is 1. The van der Waals surface area contributed by atoms with Crippen molar-refractivity contribution in [2.24, 2.45) is 0 Å². The van der Waals surface area contributed by atoms with Crippen molar-refractivity contribution >= 4 is 17.2 Å². The summed E-state index contributed by atoms with van der Waals surface area (Å²) in [6.07, 6.45) is -3.10. The molecule has 1 amide bonds. The van der Waals surface area contributed by atoms with Crippen molar-refractivity contribution in [2.45, 2.75) is 25.7 Å². The van der Waals surface area contributed by atoms with Crippen LogP contribution in [0.25, 0.3) is 0 Å². The molecule has 0 radical (unpaired) electrons. The molecule has 0 N–H and O–H groups in total. The maximum atomic E-state index is 12.8. The van der Waals surface area contributed by atoms with E-state index in [0.29, 0.717) is 32.4 Å². The molecule has 0 saturated carbocycles. The van der Waals surface area contributed by atoms with Gasteiger partial charge in [0.1, 0.15) is 6.54 Å². The third-order valence-electron chi connectivity index (χ3n) is 4.43. The minimum Gasteiger partial charge on any atom is -0.340 e. The molecule has 0 atom stereocenters. The highest BCUT2D eigenvalue weighted by atomic mass is 32.1. The van der Waals surface area contributed by atoms with Gasteiger partial charge in [0, 0.05) is 50.4 Å². The maximum Gasteiger partial charge on any atom is 0.417 e. The van der Waals surface area contributed by atoms with Crippen molar-refractivity contribution in [2.75, 3.05) is 26.2 Å². The average molecular weight is 400 g/mol. The highest BCUT2D eigenvalue weighted by Crippen LogP contribution is 2.28. The zero-order chi connectivity index (χ0) is 19.4. The topological polar surface area (TPSA) is 58.4 Å². The van der Waals surface area contributed by atoms with Gasteiger partial charge in [-0.2, -0.15) is 13.2 Å². The number of carbonyl (C=O) groups is 1. The Kier molecular flexibility index (Phi) is 5.95. The number of aromatic nitrogens is 2. The first-order valence-electron chi connectivity index (χ1n) is 8.48. The van der Waals surface area contributed by atoms with Crippen LogP contribution in [0.4, 0.5) is 13.2 Å². The molecule has 27 heavy (non-hydrogen) atoms. The molecule has 1 aliphatic rings. The fourth-order valence-corrected chi connectivity index (χ4v) is 3.54. The molecule has 146 valence electrons. The van der Waals surface area contributed by atoms with Crippen molar-refractivity contribution in [1.82, 2.24) is 19.4 Å². The summed E-state index contributed by atoms with van der Waals surface area (Å²) in [5.74, 6) is -0.355. The third-order valence-corrected chi connectivity index (χ3v) is 5.06. The summed E-state index contributed by atoms with van der Waals surface area (Å²) in [6.45, 7) is 2.76. The molecule has 1 saturated heterocycles. The van der Waals surface area contributed by atoms with E-state index in [9.17, 15) is 22.8 Å². The lowest BCUT2D eigenvalue weighted by Gasteiger charge is -2.22. The van der Waals surface area contributed by atoms with Crippen molar-refractivity contribution in [3.63, 3.8) is 0 Å².